The molecule has 0 radical (unpaired) electrons. The fourth-order valence-corrected chi connectivity index (χ4v) is 5.77. The van der Waals surface area contributed by atoms with Crippen LogP contribution in [-0.4, -0.2) is 59.0 Å². The van der Waals surface area contributed by atoms with Crippen LogP contribution >= 0.6 is 11.8 Å². The molecule has 2 fully saturated rings. The summed E-state index contributed by atoms with van der Waals surface area (Å²) in [6.07, 6.45) is 7.45. The number of carbonyl (C=O) groups is 1. The first-order valence-corrected chi connectivity index (χ1v) is 12.3. The summed E-state index contributed by atoms with van der Waals surface area (Å²) in [7, 11) is 0. The van der Waals surface area contributed by atoms with Crippen LogP contribution in [0.4, 0.5) is 17.5 Å². The third-order valence-corrected chi connectivity index (χ3v) is 7.62. The Labute approximate surface area is 187 Å². The molecule has 1 aliphatic carbocycles. The molecular weight excluding hydrogens is 410 g/mol. The number of piperazine rings is 1. The highest BCUT2D eigenvalue weighted by Crippen LogP contribution is 2.38. The number of aryl methyl sites for hydroxylation is 1. The molecule has 1 saturated carbocycles. The summed E-state index contributed by atoms with van der Waals surface area (Å²) in [5, 5.41) is 12.9. The number of rotatable bonds is 5. The van der Waals surface area contributed by atoms with Crippen LogP contribution in [-0.2, 0) is 6.42 Å². The van der Waals surface area contributed by atoms with Crippen LogP contribution < -0.4 is 15.1 Å². The number of aromatic nitrogens is 2. The van der Waals surface area contributed by atoms with E-state index in [0.717, 1.165) is 55.8 Å². The highest BCUT2D eigenvalue weighted by molar-refractivity contribution is 7.99. The number of nitrogens with one attached hydrogen (secondary N) is 1. The number of hydrogen-bond donors (Lipinski definition) is 2. The Morgan fingerprint density at radius 3 is 2.42 bits per heavy atom. The summed E-state index contributed by atoms with van der Waals surface area (Å²) in [6, 6.07) is 7.68. The SMILES string of the molecule is O=C(O)c1ccc(N2CCN(c3nc4c(c(NC5CCCCC5)n3)SCC4)CC2)cc1. The molecule has 2 aliphatic heterocycles. The molecule has 7 nitrogen and oxygen atoms in total. The van der Waals surface area contributed by atoms with Gasteiger partial charge in [0.2, 0.25) is 5.95 Å². The van der Waals surface area contributed by atoms with E-state index in [9.17, 15) is 4.79 Å². The molecular formula is C23H29N5O2S. The van der Waals surface area contributed by atoms with Crippen molar-refractivity contribution in [3.05, 3.63) is 35.5 Å². The minimum Gasteiger partial charge on any atom is -0.478 e. The second-order valence-electron chi connectivity index (χ2n) is 8.55. The van der Waals surface area contributed by atoms with Crippen molar-refractivity contribution in [1.82, 2.24) is 9.97 Å². The lowest BCUT2D eigenvalue weighted by Gasteiger charge is -2.36. The highest BCUT2D eigenvalue weighted by Gasteiger charge is 2.26. The zero-order valence-corrected chi connectivity index (χ0v) is 18.5. The van der Waals surface area contributed by atoms with Gasteiger partial charge in [0.1, 0.15) is 5.82 Å². The number of anilines is 3. The van der Waals surface area contributed by atoms with Crippen molar-refractivity contribution in [2.24, 2.45) is 0 Å². The third-order valence-electron chi connectivity index (χ3n) is 6.50. The van der Waals surface area contributed by atoms with Gasteiger partial charge in [-0.05, 0) is 37.1 Å². The van der Waals surface area contributed by atoms with E-state index >= 15 is 0 Å². The average Bonchev–Trinajstić information content (AvgIpc) is 3.29. The van der Waals surface area contributed by atoms with Crippen LogP contribution in [0.5, 0.6) is 0 Å². The fourth-order valence-electron chi connectivity index (χ4n) is 4.71. The molecule has 3 aliphatic rings. The number of thioether (sulfide) groups is 1. The van der Waals surface area contributed by atoms with E-state index in [2.05, 4.69) is 15.1 Å². The molecule has 0 spiro atoms. The number of fused-ring (bicyclic) bond motifs is 1. The molecule has 0 bridgehead atoms. The standard InChI is InChI=1S/C23H29N5O2S/c29-22(30)16-6-8-18(9-7-16)27-11-13-28(14-12-27)23-25-19-10-15-31-20(19)21(26-23)24-17-4-2-1-3-5-17/h6-9,17H,1-5,10-15H2,(H,29,30)(H,24,25,26). The van der Waals surface area contributed by atoms with E-state index in [1.54, 1.807) is 12.1 Å². The van der Waals surface area contributed by atoms with Gasteiger partial charge >= 0.3 is 5.97 Å². The van der Waals surface area contributed by atoms with Crippen LogP contribution in [0, 0.1) is 0 Å². The molecule has 0 unspecified atom stereocenters. The van der Waals surface area contributed by atoms with E-state index in [1.165, 1.54) is 42.7 Å². The van der Waals surface area contributed by atoms with Gasteiger partial charge in [0.25, 0.3) is 0 Å². The number of nitrogens with zero attached hydrogens (tertiary/aromatic N) is 4. The van der Waals surface area contributed by atoms with Crippen molar-refractivity contribution in [2.45, 2.75) is 49.5 Å². The lowest BCUT2D eigenvalue weighted by Crippen LogP contribution is -2.47. The van der Waals surface area contributed by atoms with E-state index < -0.39 is 5.97 Å². The summed E-state index contributed by atoms with van der Waals surface area (Å²) in [5.41, 5.74) is 2.58. The smallest absolute Gasteiger partial charge is 0.335 e. The van der Waals surface area contributed by atoms with Crippen molar-refractivity contribution in [3.8, 4) is 0 Å². The first kappa shape index (κ1) is 20.4. The maximum atomic E-state index is 11.1. The Morgan fingerprint density at radius 1 is 1.00 bits per heavy atom. The second-order valence-corrected chi connectivity index (χ2v) is 9.66. The van der Waals surface area contributed by atoms with Gasteiger partial charge < -0.3 is 20.2 Å². The van der Waals surface area contributed by atoms with Crippen molar-refractivity contribution >= 4 is 35.2 Å². The molecule has 164 valence electrons. The maximum Gasteiger partial charge on any atom is 0.335 e. The summed E-state index contributed by atoms with van der Waals surface area (Å²) < 4.78 is 0. The topological polar surface area (TPSA) is 81.6 Å². The van der Waals surface area contributed by atoms with Gasteiger partial charge in [-0.1, -0.05) is 19.3 Å². The van der Waals surface area contributed by atoms with Crippen molar-refractivity contribution in [1.29, 1.82) is 0 Å². The first-order valence-electron chi connectivity index (χ1n) is 11.3. The molecule has 1 aromatic heterocycles. The molecule has 0 amide bonds. The minimum absolute atomic E-state index is 0.324. The third kappa shape index (κ3) is 4.44. The zero-order chi connectivity index (χ0) is 21.2. The molecule has 1 saturated heterocycles. The van der Waals surface area contributed by atoms with Crippen LogP contribution in [0.3, 0.4) is 0 Å². The number of benzene rings is 1. The predicted octanol–water partition coefficient (Wildman–Crippen LogP) is 3.89. The zero-order valence-electron chi connectivity index (χ0n) is 17.7. The van der Waals surface area contributed by atoms with Gasteiger partial charge in [0.05, 0.1) is 16.2 Å². The van der Waals surface area contributed by atoms with E-state index in [1.807, 2.05) is 23.9 Å². The lowest BCUT2D eigenvalue weighted by molar-refractivity contribution is 0.0697. The largest absolute Gasteiger partial charge is 0.478 e. The number of carboxylic acids is 1. The van der Waals surface area contributed by atoms with Gasteiger partial charge in [-0.2, -0.15) is 4.98 Å². The Bertz CT molecular complexity index is 938. The normalized spacial score (nSPS) is 19.4. The monoisotopic (exact) mass is 439 g/mol. The number of aromatic carboxylic acids is 1. The molecule has 2 aromatic rings. The summed E-state index contributed by atoms with van der Waals surface area (Å²) >= 11 is 1.88. The molecule has 2 N–H and O–H groups in total. The van der Waals surface area contributed by atoms with Gasteiger partial charge in [0, 0.05) is 50.1 Å². The van der Waals surface area contributed by atoms with Crippen molar-refractivity contribution in [3.63, 3.8) is 0 Å². The van der Waals surface area contributed by atoms with Crippen LogP contribution in [0.25, 0.3) is 0 Å². The van der Waals surface area contributed by atoms with E-state index in [0.29, 0.717) is 11.6 Å². The Kier molecular flexibility index (Phi) is 5.89. The minimum atomic E-state index is -0.888. The fraction of sp³-hybridized carbons (Fsp3) is 0.522. The van der Waals surface area contributed by atoms with Gasteiger partial charge in [-0.15, -0.1) is 11.8 Å². The van der Waals surface area contributed by atoms with E-state index in [4.69, 9.17) is 15.1 Å². The highest BCUT2D eigenvalue weighted by atomic mass is 32.2. The molecule has 8 heteroatoms. The second kappa shape index (κ2) is 8.94. The van der Waals surface area contributed by atoms with Gasteiger partial charge in [-0.3, -0.25) is 0 Å². The van der Waals surface area contributed by atoms with Crippen LogP contribution in [0.15, 0.2) is 29.2 Å². The van der Waals surface area contributed by atoms with Crippen LogP contribution in [0.2, 0.25) is 0 Å². The van der Waals surface area contributed by atoms with Crippen LogP contribution in [0.1, 0.15) is 48.2 Å². The molecule has 31 heavy (non-hydrogen) atoms. The Morgan fingerprint density at radius 2 is 1.71 bits per heavy atom. The van der Waals surface area contributed by atoms with E-state index in [-0.39, 0.29) is 0 Å². The maximum absolute atomic E-state index is 11.1. The number of carboxylic acid groups (broad SMARTS) is 1. The van der Waals surface area contributed by atoms with Crippen molar-refractivity contribution in [2.75, 3.05) is 47.0 Å². The lowest BCUT2D eigenvalue weighted by atomic mass is 9.95. The first-order chi connectivity index (χ1) is 15.2. The summed E-state index contributed by atoms with van der Waals surface area (Å²) in [6.45, 7) is 3.45. The predicted molar refractivity (Wildman–Crippen MR) is 125 cm³/mol. The molecule has 0 atom stereocenters. The van der Waals surface area contributed by atoms with Crippen molar-refractivity contribution < 1.29 is 9.90 Å². The molecule has 3 heterocycles. The number of hydrogen-bond acceptors (Lipinski definition) is 7. The summed E-state index contributed by atoms with van der Waals surface area (Å²) in [4.78, 5) is 26.8. The molecule has 1 aromatic carbocycles. The Hall–Kier alpha value is -2.48. The quantitative estimate of drug-likeness (QED) is 0.726. The van der Waals surface area contributed by atoms with Gasteiger partial charge in [-0.25, -0.2) is 9.78 Å². The average molecular weight is 440 g/mol. The van der Waals surface area contributed by atoms with Gasteiger partial charge in [0.15, 0.2) is 0 Å². The summed E-state index contributed by atoms with van der Waals surface area (Å²) in [5.74, 6) is 2.09. The molecule has 5 rings (SSSR count). The Balaban J connectivity index is 1.28.